The Kier molecular flexibility index (Phi) is 5.81. The smallest absolute Gasteiger partial charge is 0.306 e. The minimum atomic E-state index is -0.970. The van der Waals surface area contributed by atoms with Crippen molar-refractivity contribution in [1.29, 1.82) is 0 Å². The Bertz CT molecular complexity index is 463. The lowest BCUT2D eigenvalue weighted by molar-refractivity contribution is -0.140. The summed E-state index contributed by atoms with van der Waals surface area (Å²) >= 11 is 0. The van der Waals surface area contributed by atoms with Crippen LogP contribution in [0.2, 0.25) is 0 Å². The number of nitrogens with one attached hydrogen (secondary N) is 1. The second-order valence-corrected chi connectivity index (χ2v) is 3.98. The Morgan fingerprint density at radius 2 is 2.26 bits per heavy atom. The van der Waals surface area contributed by atoms with E-state index in [4.69, 9.17) is 14.3 Å². The number of rotatable bonds is 7. The number of aliphatic carboxylic acids is 1. The standard InChI is InChI=1S/C13H17NO5/c1-9-3-4-10(19-9)5-6-12(15)14-8-11(18-2)7-13(16)17/h3-6,11H,7-8H2,1-2H3,(H,14,15)(H,16,17)/b6-5+. The summed E-state index contributed by atoms with van der Waals surface area (Å²) in [6.07, 6.45) is 2.17. The van der Waals surface area contributed by atoms with Crippen molar-refractivity contribution in [2.24, 2.45) is 0 Å². The summed E-state index contributed by atoms with van der Waals surface area (Å²) in [4.78, 5) is 22.0. The largest absolute Gasteiger partial charge is 0.481 e. The van der Waals surface area contributed by atoms with Crippen molar-refractivity contribution in [1.82, 2.24) is 5.32 Å². The number of hydrogen-bond donors (Lipinski definition) is 2. The number of ether oxygens (including phenoxy) is 1. The first-order valence-corrected chi connectivity index (χ1v) is 5.78. The highest BCUT2D eigenvalue weighted by Crippen LogP contribution is 2.07. The quantitative estimate of drug-likeness (QED) is 0.725. The van der Waals surface area contributed by atoms with Gasteiger partial charge in [-0.3, -0.25) is 9.59 Å². The second kappa shape index (κ2) is 7.38. The van der Waals surface area contributed by atoms with E-state index in [1.165, 1.54) is 13.2 Å². The van der Waals surface area contributed by atoms with Crippen LogP contribution in [0.1, 0.15) is 17.9 Å². The van der Waals surface area contributed by atoms with Gasteiger partial charge < -0.3 is 19.6 Å². The van der Waals surface area contributed by atoms with E-state index < -0.39 is 12.1 Å². The number of carbonyl (C=O) groups is 2. The fourth-order valence-electron chi connectivity index (χ4n) is 1.41. The molecule has 0 bridgehead atoms. The zero-order valence-electron chi connectivity index (χ0n) is 10.9. The summed E-state index contributed by atoms with van der Waals surface area (Å²) in [5.41, 5.74) is 0. The molecule has 0 aromatic carbocycles. The number of methoxy groups -OCH3 is 1. The molecule has 6 heteroatoms. The minimum absolute atomic E-state index is 0.142. The Hall–Kier alpha value is -2.08. The van der Waals surface area contributed by atoms with Crippen LogP contribution < -0.4 is 5.32 Å². The molecule has 2 N–H and O–H groups in total. The third kappa shape index (κ3) is 5.87. The van der Waals surface area contributed by atoms with Crippen LogP contribution in [0.25, 0.3) is 6.08 Å². The van der Waals surface area contributed by atoms with E-state index in [0.29, 0.717) is 5.76 Å². The van der Waals surface area contributed by atoms with Gasteiger partial charge in [0.05, 0.1) is 12.5 Å². The van der Waals surface area contributed by atoms with E-state index in [0.717, 1.165) is 5.76 Å². The number of furan rings is 1. The molecule has 1 unspecified atom stereocenters. The molecule has 0 aliphatic carbocycles. The lowest BCUT2D eigenvalue weighted by Crippen LogP contribution is -2.33. The SMILES string of the molecule is COC(CNC(=O)/C=C/c1ccc(C)o1)CC(=O)O. The average Bonchev–Trinajstić information content (AvgIpc) is 2.77. The molecule has 0 saturated heterocycles. The van der Waals surface area contributed by atoms with Crippen LogP contribution in [0.3, 0.4) is 0 Å². The highest BCUT2D eigenvalue weighted by molar-refractivity contribution is 5.91. The minimum Gasteiger partial charge on any atom is -0.481 e. The van der Waals surface area contributed by atoms with Gasteiger partial charge in [0.2, 0.25) is 5.91 Å². The lowest BCUT2D eigenvalue weighted by atomic mass is 10.2. The number of carboxylic acids is 1. The second-order valence-electron chi connectivity index (χ2n) is 3.98. The predicted molar refractivity (Wildman–Crippen MR) is 68.5 cm³/mol. The first-order chi connectivity index (χ1) is 9.01. The number of carboxylic acid groups (broad SMARTS) is 1. The van der Waals surface area contributed by atoms with Crippen LogP contribution in [0.15, 0.2) is 22.6 Å². The zero-order valence-corrected chi connectivity index (χ0v) is 10.9. The molecule has 1 aromatic rings. The van der Waals surface area contributed by atoms with Gasteiger partial charge in [-0.05, 0) is 25.1 Å². The van der Waals surface area contributed by atoms with Crippen LogP contribution in [-0.2, 0) is 14.3 Å². The van der Waals surface area contributed by atoms with Crippen molar-refractivity contribution in [3.63, 3.8) is 0 Å². The third-order valence-electron chi connectivity index (χ3n) is 2.40. The summed E-state index contributed by atoms with van der Waals surface area (Å²) in [5, 5.41) is 11.2. The molecular weight excluding hydrogens is 250 g/mol. The van der Waals surface area contributed by atoms with Gasteiger partial charge in [-0.25, -0.2) is 0 Å². The first kappa shape index (κ1) is 15.0. The molecule has 1 atom stereocenters. The van der Waals surface area contributed by atoms with Crippen molar-refractivity contribution < 1.29 is 23.8 Å². The molecule has 0 radical (unpaired) electrons. The lowest BCUT2D eigenvalue weighted by Gasteiger charge is -2.12. The molecule has 104 valence electrons. The van der Waals surface area contributed by atoms with Crippen LogP contribution in [0.5, 0.6) is 0 Å². The molecule has 0 aliphatic heterocycles. The van der Waals surface area contributed by atoms with Crippen LogP contribution in [-0.4, -0.2) is 36.7 Å². The van der Waals surface area contributed by atoms with E-state index in [-0.39, 0.29) is 18.9 Å². The van der Waals surface area contributed by atoms with Gasteiger partial charge in [0, 0.05) is 19.7 Å². The molecule has 6 nitrogen and oxygen atoms in total. The summed E-state index contributed by atoms with van der Waals surface area (Å²) in [6, 6.07) is 3.55. The van der Waals surface area contributed by atoms with Gasteiger partial charge in [0.25, 0.3) is 0 Å². The highest BCUT2D eigenvalue weighted by atomic mass is 16.5. The Labute approximate surface area is 111 Å². The summed E-state index contributed by atoms with van der Waals surface area (Å²) in [6.45, 7) is 1.95. The van der Waals surface area contributed by atoms with E-state index in [1.807, 2.05) is 6.92 Å². The fraction of sp³-hybridized carbons (Fsp3) is 0.385. The molecule has 0 aliphatic rings. The predicted octanol–water partition coefficient (Wildman–Crippen LogP) is 1.21. The first-order valence-electron chi connectivity index (χ1n) is 5.78. The van der Waals surface area contributed by atoms with Crippen LogP contribution in [0, 0.1) is 6.92 Å². The van der Waals surface area contributed by atoms with Gasteiger partial charge >= 0.3 is 5.97 Å². The molecule has 1 amide bonds. The molecule has 0 fully saturated rings. The van der Waals surface area contributed by atoms with E-state index in [2.05, 4.69) is 5.32 Å². The molecule has 0 saturated carbocycles. The van der Waals surface area contributed by atoms with Crippen LogP contribution in [0.4, 0.5) is 0 Å². The molecule has 0 spiro atoms. The molecular formula is C13H17NO5. The zero-order chi connectivity index (χ0) is 14.3. The topological polar surface area (TPSA) is 88.8 Å². The van der Waals surface area contributed by atoms with Crippen molar-refractivity contribution in [2.75, 3.05) is 13.7 Å². The fourth-order valence-corrected chi connectivity index (χ4v) is 1.41. The van der Waals surface area contributed by atoms with Crippen molar-refractivity contribution >= 4 is 18.0 Å². The van der Waals surface area contributed by atoms with E-state index >= 15 is 0 Å². The van der Waals surface area contributed by atoms with Crippen molar-refractivity contribution in [2.45, 2.75) is 19.4 Å². The normalized spacial score (nSPS) is 12.5. The Morgan fingerprint density at radius 3 is 2.79 bits per heavy atom. The monoisotopic (exact) mass is 267 g/mol. The number of aryl methyl sites for hydroxylation is 1. The molecule has 1 heterocycles. The van der Waals surface area contributed by atoms with Gasteiger partial charge in [-0.2, -0.15) is 0 Å². The molecule has 1 aromatic heterocycles. The van der Waals surface area contributed by atoms with Crippen molar-refractivity contribution in [3.8, 4) is 0 Å². The molecule has 1 rings (SSSR count). The maximum Gasteiger partial charge on any atom is 0.306 e. The summed E-state index contributed by atoms with van der Waals surface area (Å²) in [7, 11) is 1.40. The average molecular weight is 267 g/mol. The Morgan fingerprint density at radius 1 is 1.53 bits per heavy atom. The van der Waals surface area contributed by atoms with E-state index in [1.54, 1.807) is 18.2 Å². The number of amides is 1. The van der Waals surface area contributed by atoms with Gasteiger partial charge in [-0.1, -0.05) is 0 Å². The van der Waals surface area contributed by atoms with Crippen LogP contribution >= 0.6 is 0 Å². The maximum atomic E-state index is 11.5. The Balaban J connectivity index is 2.38. The molecule has 19 heavy (non-hydrogen) atoms. The van der Waals surface area contributed by atoms with E-state index in [9.17, 15) is 9.59 Å². The van der Waals surface area contributed by atoms with Crippen molar-refractivity contribution in [3.05, 3.63) is 29.7 Å². The summed E-state index contributed by atoms with van der Waals surface area (Å²) in [5.74, 6) is 0.0478. The van der Waals surface area contributed by atoms with Gasteiger partial charge in [0.15, 0.2) is 0 Å². The van der Waals surface area contributed by atoms with Gasteiger partial charge in [0.1, 0.15) is 11.5 Å². The third-order valence-corrected chi connectivity index (χ3v) is 2.40. The highest BCUT2D eigenvalue weighted by Gasteiger charge is 2.12. The number of carbonyl (C=O) groups excluding carboxylic acids is 1. The maximum absolute atomic E-state index is 11.5. The number of hydrogen-bond acceptors (Lipinski definition) is 4. The van der Waals surface area contributed by atoms with Gasteiger partial charge in [-0.15, -0.1) is 0 Å². The summed E-state index contributed by atoms with van der Waals surface area (Å²) < 4.78 is 10.2.